The second kappa shape index (κ2) is 17.4. The number of benzene rings is 1. The van der Waals surface area contributed by atoms with E-state index in [-0.39, 0.29) is 29.7 Å². The van der Waals surface area contributed by atoms with Gasteiger partial charge in [-0.2, -0.15) is 5.10 Å². The van der Waals surface area contributed by atoms with Crippen molar-refractivity contribution in [3.8, 4) is 5.75 Å². The van der Waals surface area contributed by atoms with E-state index in [1.807, 2.05) is 27.7 Å². The van der Waals surface area contributed by atoms with Gasteiger partial charge in [-0.1, -0.05) is 39.8 Å². The van der Waals surface area contributed by atoms with Gasteiger partial charge in [0.1, 0.15) is 5.75 Å². The van der Waals surface area contributed by atoms with Crippen molar-refractivity contribution < 1.29 is 9.90 Å². The summed E-state index contributed by atoms with van der Waals surface area (Å²) in [5.74, 6) is 0.133. The minimum absolute atomic E-state index is 0. The first-order valence-electron chi connectivity index (χ1n) is 5.35. The Labute approximate surface area is 120 Å². The van der Waals surface area contributed by atoms with Gasteiger partial charge < -0.3 is 5.11 Å². The Bertz CT molecular complexity index is 304. The van der Waals surface area contributed by atoms with Gasteiger partial charge in [0.15, 0.2) is 0 Å². The summed E-state index contributed by atoms with van der Waals surface area (Å²) in [6, 6.07) is 6.70. The van der Waals surface area contributed by atoms with Gasteiger partial charge in [-0.3, -0.25) is 4.79 Å². The van der Waals surface area contributed by atoms with Crippen LogP contribution in [0.1, 0.15) is 33.3 Å². The van der Waals surface area contributed by atoms with Crippen LogP contribution < -0.4 is 5.43 Å². The number of phenols is 1. The number of nitrogens with zero attached hydrogens (tertiary/aromatic N) is 1. The normalized spacial score (nSPS) is 7.76. The van der Waals surface area contributed by atoms with Crippen LogP contribution in [0.4, 0.5) is 0 Å². The molecule has 0 aliphatic heterocycles. The Balaban J connectivity index is -0.000000355. The quantitative estimate of drug-likeness (QED) is 0.382. The van der Waals surface area contributed by atoms with Gasteiger partial charge in [0.2, 0.25) is 6.41 Å². The van der Waals surface area contributed by atoms with Crippen LogP contribution in [0.15, 0.2) is 29.4 Å². The fourth-order valence-electron chi connectivity index (χ4n) is 0.734. The first kappa shape index (κ1) is 21.3. The van der Waals surface area contributed by atoms with Crippen molar-refractivity contribution in [2.45, 2.75) is 27.7 Å². The fraction of sp³-hybridized carbons (Fsp3) is 0.333. The minimum Gasteiger partial charge on any atom is -0.507 e. The number of rotatable bonds is 3. The summed E-state index contributed by atoms with van der Waals surface area (Å²) in [7, 11) is 0. The molecule has 0 spiro atoms. The molecule has 0 atom stereocenters. The third-order valence-electron chi connectivity index (χ3n) is 1.27. The average Bonchev–Trinajstić information content (AvgIpc) is 2.37. The fourth-order valence-corrected chi connectivity index (χ4v) is 0.734. The summed E-state index contributed by atoms with van der Waals surface area (Å²) in [6.45, 7) is 8.00. The smallest absolute Gasteiger partial charge is 0.507 e. The molecule has 1 rings (SSSR count). The number of phenolic OH excluding ortho intramolecular Hbond substituents is 1. The van der Waals surface area contributed by atoms with Gasteiger partial charge in [-0.05, 0) is 12.1 Å². The van der Waals surface area contributed by atoms with E-state index in [0.717, 1.165) is 0 Å². The first-order chi connectivity index (χ1) is 7.84. The monoisotopic (exact) mass is 344 g/mol. The zero-order chi connectivity index (χ0) is 12.8. The van der Waals surface area contributed by atoms with Crippen LogP contribution in [-0.2, 0) is 4.79 Å². The van der Waals surface area contributed by atoms with Crippen molar-refractivity contribution in [2.75, 3.05) is 0 Å². The minimum atomic E-state index is 0. The molecule has 5 heteroatoms. The molecule has 0 heterocycles. The van der Waals surface area contributed by atoms with Crippen LogP contribution in [0, 0.1) is 0 Å². The molecule has 0 radical (unpaired) electrons. The van der Waals surface area contributed by atoms with Crippen LogP contribution in [0.2, 0.25) is 0 Å². The van der Waals surface area contributed by atoms with Gasteiger partial charge in [0.25, 0.3) is 0 Å². The molecular formula is C12H20N2O2Sn+4. The van der Waals surface area contributed by atoms with Crippen molar-refractivity contribution >= 4 is 36.5 Å². The topological polar surface area (TPSA) is 61.7 Å². The Kier molecular flexibility index (Phi) is 21.7. The average molecular weight is 343 g/mol. The molecule has 0 aliphatic carbocycles. The van der Waals surface area contributed by atoms with E-state index < -0.39 is 0 Å². The summed E-state index contributed by atoms with van der Waals surface area (Å²) in [4.78, 5) is 9.79. The van der Waals surface area contributed by atoms with Crippen LogP contribution in [0.3, 0.4) is 0 Å². The molecule has 1 aromatic carbocycles. The Morgan fingerprint density at radius 3 is 2.18 bits per heavy atom. The summed E-state index contributed by atoms with van der Waals surface area (Å²) < 4.78 is 0. The van der Waals surface area contributed by atoms with Crippen molar-refractivity contribution in [3.05, 3.63) is 29.8 Å². The summed E-state index contributed by atoms with van der Waals surface area (Å²) in [5, 5.41) is 12.7. The molecule has 0 fully saturated rings. The zero-order valence-electron chi connectivity index (χ0n) is 10.8. The molecule has 0 saturated heterocycles. The van der Waals surface area contributed by atoms with E-state index in [0.29, 0.717) is 12.0 Å². The van der Waals surface area contributed by atoms with E-state index >= 15 is 0 Å². The number of carbonyl (C=O) groups excluding carboxylic acids is 1. The predicted octanol–water partition coefficient (Wildman–Crippen LogP) is 2.14. The molecule has 0 saturated carbocycles. The zero-order valence-corrected chi connectivity index (χ0v) is 13.6. The van der Waals surface area contributed by atoms with Gasteiger partial charge in [0.05, 0.1) is 6.21 Å². The Morgan fingerprint density at radius 2 is 1.71 bits per heavy atom. The first-order valence-corrected chi connectivity index (χ1v) is 5.35. The maximum atomic E-state index is 9.79. The number of hydrogen-bond donors (Lipinski definition) is 2. The van der Waals surface area contributed by atoms with E-state index in [4.69, 9.17) is 0 Å². The molecule has 2 N–H and O–H groups in total. The summed E-state index contributed by atoms with van der Waals surface area (Å²) >= 11 is 0. The van der Waals surface area contributed by atoms with Crippen LogP contribution in [-0.4, -0.2) is 41.6 Å². The number of hydrazone groups is 1. The number of amides is 1. The molecule has 0 aromatic heterocycles. The number of hydrogen-bond acceptors (Lipinski definition) is 3. The van der Waals surface area contributed by atoms with E-state index in [1.165, 1.54) is 6.21 Å². The molecule has 1 amide bonds. The third-order valence-corrected chi connectivity index (χ3v) is 1.27. The SMILES string of the molecule is CC.CC.O=CN/N=C/c1ccccc1O.[Sn+4]. The molecule has 0 aliphatic rings. The Morgan fingerprint density at radius 1 is 1.18 bits per heavy atom. The van der Waals surface area contributed by atoms with Gasteiger partial charge in [0, 0.05) is 5.56 Å². The predicted molar refractivity (Wildman–Crippen MR) is 73.4 cm³/mol. The van der Waals surface area contributed by atoms with Gasteiger partial charge in [-0.15, -0.1) is 0 Å². The maximum absolute atomic E-state index is 9.79. The van der Waals surface area contributed by atoms with Gasteiger partial charge >= 0.3 is 23.9 Å². The number of nitrogens with one attached hydrogen (secondary N) is 1. The van der Waals surface area contributed by atoms with E-state index in [1.54, 1.807) is 24.3 Å². The molecule has 1 aromatic rings. The van der Waals surface area contributed by atoms with E-state index in [9.17, 15) is 9.90 Å². The second-order valence-electron chi connectivity index (χ2n) is 2.06. The molecule has 90 valence electrons. The van der Waals surface area contributed by atoms with Crippen molar-refractivity contribution in [1.29, 1.82) is 0 Å². The van der Waals surface area contributed by atoms with Crippen LogP contribution in [0.25, 0.3) is 0 Å². The van der Waals surface area contributed by atoms with Gasteiger partial charge in [-0.25, -0.2) is 5.43 Å². The maximum Gasteiger partial charge on any atom is 4.00 e. The molecule has 0 bridgehead atoms. The number of aromatic hydroxyl groups is 1. The van der Waals surface area contributed by atoms with Crippen molar-refractivity contribution in [1.82, 2.24) is 5.43 Å². The second-order valence-corrected chi connectivity index (χ2v) is 2.06. The molecular weight excluding hydrogens is 323 g/mol. The van der Waals surface area contributed by atoms with Crippen molar-refractivity contribution in [3.63, 3.8) is 0 Å². The van der Waals surface area contributed by atoms with Crippen molar-refractivity contribution in [2.24, 2.45) is 5.10 Å². The molecule has 0 unspecified atom stereocenters. The number of para-hydroxylation sites is 1. The summed E-state index contributed by atoms with van der Waals surface area (Å²) in [5.41, 5.74) is 2.66. The largest absolute Gasteiger partial charge is 4.00 e. The third kappa shape index (κ3) is 11.2. The molecule has 17 heavy (non-hydrogen) atoms. The summed E-state index contributed by atoms with van der Waals surface area (Å²) in [6.07, 6.45) is 1.82. The Hall–Kier alpha value is -1.04. The number of carbonyl (C=O) groups is 1. The standard InChI is InChI=1S/C8H8N2O2.2C2H6.Sn/c11-6-10-9-5-7-3-1-2-4-8(7)12;2*1-2;/h1-6,12H,(H,10,11);2*1-2H3;/q;;;+4/b9-5+;;;. The van der Waals surface area contributed by atoms with E-state index in [2.05, 4.69) is 10.5 Å². The molecule has 4 nitrogen and oxygen atoms in total. The van der Waals surface area contributed by atoms with Crippen LogP contribution >= 0.6 is 0 Å². The van der Waals surface area contributed by atoms with Crippen LogP contribution in [0.5, 0.6) is 5.75 Å².